The summed E-state index contributed by atoms with van der Waals surface area (Å²) in [6, 6.07) is 4.38. The summed E-state index contributed by atoms with van der Waals surface area (Å²) in [7, 11) is 1.03. The van der Waals surface area contributed by atoms with Gasteiger partial charge in [0.25, 0.3) is 5.91 Å². The Kier molecular flexibility index (Phi) is 6.04. The van der Waals surface area contributed by atoms with E-state index < -0.39 is 41.4 Å². The van der Waals surface area contributed by atoms with Crippen LogP contribution in [0.25, 0.3) is 0 Å². The van der Waals surface area contributed by atoms with Crippen LogP contribution in [0, 0.1) is 11.6 Å². The van der Waals surface area contributed by atoms with Gasteiger partial charge in [-0.2, -0.15) is 8.78 Å². The molecule has 0 aliphatic rings. The molecule has 0 saturated heterocycles. The molecule has 26 heavy (non-hydrogen) atoms. The van der Waals surface area contributed by atoms with Gasteiger partial charge in [0.2, 0.25) is 0 Å². The van der Waals surface area contributed by atoms with E-state index in [-0.39, 0.29) is 16.3 Å². The summed E-state index contributed by atoms with van der Waals surface area (Å²) in [4.78, 5) is 23.7. The first-order valence-corrected chi connectivity index (χ1v) is 7.23. The molecule has 0 bridgehead atoms. The minimum Gasteiger partial charge on any atom is -0.465 e. The minimum absolute atomic E-state index is 0.103. The van der Waals surface area contributed by atoms with Crippen LogP contribution in [0.15, 0.2) is 30.3 Å². The molecule has 1 amide bonds. The van der Waals surface area contributed by atoms with E-state index in [1.807, 2.05) is 0 Å². The number of anilines is 1. The number of carbonyl (C=O) groups excluding carboxylic acids is 2. The lowest BCUT2D eigenvalue weighted by Crippen LogP contribution is -2.15. The van der Waals surface area contributed by atoms with Crippen molar-refractivity contribution in [3.05, 3.63) is 58.1 Å². The molecule has 5 nitrogen and oxygen atoms in total. The summed E-state index contributed by atoms with van der Waals surface area (Å²) in [6.45, 7) is -3.21. The number of hydrogen-bond donors (Lipinski definition) is 1. The zero-order valence-corrected chi connectivity index (χ0v) is 13.7. The molecule has 0 heterocycles. The summed E-state index contributed by atoms with van der Waals surface area (Å²) in [6.07, 6.45) is 0. The maximum absolute atomic E-state index is 13.7. The molecule has 0 saturated carbocycles. The molecule has 0 unspecified atom stereocenters. The second-order valence-corrected chi connectivity index (χ2v) is 5.19. The Labute approximate surface area is 149 Å². The largest absolute Gasteiger partial charge is 0.465 e. The number of amides is 1. The number of halogens is 5. The zero-order valence-electron chi connectivity index (χ0n) is 13.0. The Morgan fingerprint density at radius 1 is 1.08 bits per heavy atom. The summed E-state index contributed by atoms with van der Waals surface area (Å²) in [5.41, 5.74) is -0.898. The van der Waals surface area contributed by atoms with Gasteiger partial charge in [-0.25, -0.2) is 13.6 Å². The van der Waals surface area contributed by atoms with Gasteiger partial charge in [-0.15, -0.1) is 0 Å². The standard InChI is InChI=1S/C16H10ClF4NO4/c1-25-15(24)9-5-8(10(17)6-11(9)18)14(23)22-7-2-3-13(12(19)4-7)26-16(20)21/h2-6,16H,1H3,(H,22,23). The van der Waals surface area contributed by atoms with Crippen LogP contribution >= 0.6 is 11.6 Å². The fourth-order valence-electron chi connectivity index (χ4n) is 1.96. The van der Waals surface area contributed by atoms with Gasteiger partial charge < -0.3 is 14.8 Å². The fourth-order valence-corrected chi connectivity index (χ4v) is 2.19. The highest BCUT2D eigenvalue weighted by Crippen LogP contribution is 2.25. The van der Waals surface area contributed by atoms with Crippen LogP contribution in [0.4, 0.5) is 23.2 Å². The Morgan fingerprint density at radius 3 is 2.35 bits per heavy atom. The molecule has 1 N–H and O–H groups in total. The van der Waals surface area contributed by atoms with Crippen LogP contribution in [-0.4, -0.2) is 25.6 Å². The molecule has 2 aromatic rings. The predicted molar refractivity (Wildman–Crippen MR) is 83.7 cm³/mol. The second-order valence-electron chi connectivity index (χ2n) is 4.78. The Hall–Kier alpha value is -2.81. The molecule has 0 spiro atoms. The van der Waals surface area contributed by atoms with E-state index in [9.17, 15) is 27.2 Å². The lowest BCUT2D eigenvalue weighted by Gasteiger charge is -2.11. The number of benzene rings is 2. The third-order valence-electron chi connectivity index (χ3n) is 3.11. The number of methoxy groups -OCH3 is 1. The van der Waals surface area contributed by atoms with Crippen molar-refractivity contribution in [2.24, 2.45) is 0 Å². The van der Waals surface area contributed by atoms with Crippen LogP contribution in [0.3, 0.4) is 0 Å². The average molecular weight is 392 g/mol. The number of nitrogens with one attached hydrogen (secondary N) is 1. The molecule has 138 valence electrons. The third kappa shape index (κ3) is 4.42. The van der Waals surface area contributed by atoms with Crippen LogP contribution in [0.1, 0.15) is 20.7 Å². The smallest absolute Gasteiger partial charge is 0.387 e. The Bertz CT molecular complexity index is 860. The van der Waals surface area contributed by atoms with Crippen molar-refractivity contribution in [3.63, 3.8) is 0 Å². The highest BCUT2D eigenvalue weighted by molar-refractivity contribution is 6.34. The summed E-state index contributed by atoms with van der Waals surface area (Å²) in [5.74, 6) is -4.73. The van der Waals surface area contributed by atoms with Gasteiger partial charge in [0.1, 0.15) is 5.82 Å². The van der Waals surface area contributed by atoms with E-state index in [2.05, 4.69) is 14.8 Å². The van der Waals surface area contributed by atoms with Crippen molar-refractivity contribution >= 4 is 29.2 Å². The summed E-state index contributed by atoms with van der Waals surface area (Å²) >= 11 is 5.79. The first kappa shape index (κ1) is 19.5. The van der Waals surface area contributed by atoms with Gasteiger partial charge in [-0.3, -0.25) is 4.79 Å². The van der Waals surface area contributed by atoms with Crippen LogP contribution in [0.2, 0.25) is 5.02 Å². The van der Waals surface area contributed by atoms with Gasteiger partial charge >= 0.3 is 12.6 Å². The molecule has 0 aliphatic heterocycles. The lowest BCUT2D eigenvalue weighted by molar-refractivity contribution is -0.0521. The highest BCUT2D eigenvalue weighted by atomic mass is 35.5. The quantitative estimate of drug-likeness (QED) is 0.611. The monoisotopic (exact) mass is 391 g/mol. The van der Waals surface area contributed by atoms with Gasteiger partial charge in [0.05, 0.1) is 23.3 Å². The van der Waals surface area contributed by atoms with Crippen molar-refractivity contribution < 1.29 is 36.6 Å². The number of rotatable bonds is 5. The molecule has 0 aliphatic carbocycles. The van der Waals surface area contributed by atoms with E-state index in [0.717, 1.165) is 37.4 Å². The van der Waals surface area contributed by atoms with E-state index in [4.69, 9.17) is 11.6 Å². The first-order valence-electron chi connectivity index (χ1n) is 6.86. The van der Waals surface area contributed by atoms with Crippen LogP contribution in [-0.2, 0) is 4.74 Å². The first-order chi connectivity index (χ1) is 12.2. The molecule has 0 atom stereocenters. The molecule has 0 aromatic heterocycles. The number of esters is 1. The minimum atomic E-state index is -3.21. The SMILES string of the molecule is COC(=O)c1cc(C(=O)Nc2ccc(OC(F)F)c(F)c2)c(Cl)cc1F. The molecular weight excluding hydrogens is 382 g/mol. The van der Waals surface area contributed by atoms with Gasteiger partial charge in [-0.1, -0.05) is 11.6 Å². The lowest BCUT2D eigenvalue weighted by atomic mass is 10.1. The Balaban J connectivity index is 2.27. The number of ether oxygens (including phenoxy) is 2. The predicted octanol–water partition coefficient (Wildman–Crippen LogP) is 4.26. The third-order valence-corrected chi connectivity index (χ3v) is 3.43. The number of carbonyl (C=O) groups is 2. The van der Waals surface area contributed by atoms with E-state index in [1.54, 1.807) is 0 Å². The normalized spacial score (nSPS) is 10.6. The molecule has 2 rings (SSSR count). The molecule has 0 radical (unpaired) electrons. The molecule has 10 heteroatoms. The van der Waals surface area contributed by atoms with Gasteiger partial charge in [-0.05, 0) is 24.3 Å². The topological polar surface area (TPSA) is 64.6 Å². The average Bonchev–Trinajstić information content (AvgIpc) is 2.56. The van der Waals surface area contributed by atoms with Crippen LogP contribution < -0.4 is 10.1 Å². The number of hydrogen-bond acceptors (Lipinski definition) is 4. The van der Waals surface area contributed by atoms with Crippen molar-refractivity contribution in [2.75, 3.05) is 12.4 Å². The summed E-state index contributed by atoms with van der Waals surface area (Å²) < 4.78 is 59.9. The maximum atomic E-state index is 13.7. The van der Waals surface area contributed by atoms with Crippen LogP contribution in [0.5, 0.6) is 5.75 Å². The van der Waals surface area contributed by atoms with Gasteiger partial charge in [0.15, 0.2) is 11.6 Å². The maximum Gasteiger partial charge on any atom is 0.387 e. The Morgan fingerprint density at radius 2 is 1.77 bits per heavy atom. The molecule has 0 fully saturated rings. The number of alkyl halides is 2. The molecule has 2 aromatic carbocycles. The second kappa shape index (κ2) is 8.05. The van der Waals surface area contributed by atoms with Crippen molar-refractivity contribution in [1.82, 2.24) is 0 Å². The van der Waals surface area contributed by atoms with Gasteiger partial charge in [0, 0.05) is 11.8 Å². The zero-order chi connectivity index (χ0) is 19.4. The molecular formula is C16H10ClF4NO4. The van der Waals surface area contributed by atoms with Crippen molar-refractivity contribution in [2.45, 2.75) is 6.61 Å². The van der Waals surface area contributed by atoms with E-state index in [0.29, 0.717) is 0 Å². The van der Waals surface area contributed by atoms with E-state index >= 15 is 0 Å². The summed E-state index contributed by atoms with van der Waals surface area (Å²) in [5, 5.41) is 1.94. The van der Waals surface area contributed by atoms with Crippen molar-refractivity contribution in [1.29, 1.82) is 0 Å². The van der Waals surface area contributed by atoms with Crippen molar-refractivity contribution in [3.8, 4) is 5.75 Å². The highest BCUT2D eigenvalue weighted by Gasteiger charge is 2.20. The van der Waals surface area contributed by atoms with E-state index in [1.165, 1.54) is 0 Å². The fraction of sp³-hybridized carbons (Fsp3) is 0.125.